The molecule has 3 nitrogen and oxygen atoms in total. The lowest BCUT2D eigenvalue weighted by atomic mass is 10.0. The number of hydrogen-bond donors (Lipinski definition) is 1. The second-order valence-corrected chi connectivity index (χ2v) is 4.33. The number of rotatable bonds is 4. The zero-order valence-corrected chi connectivity index (χ0v) is 10.5. The van der Waals surface area contributed by atoms with E-state index in [9.17, 15) is 9.18 Å². The van der Waals surface area contributed by atoms with Gasteiger partial charge in [-0.3, -0.25) is 4.79 Å². The molecular formula is C13H19FN2O. The van der Waals surface area contributed by atoms with Crippen LogP contribution in [-0.2, 0) is 4.79 Å². The lowest BCUT2D eigenvalue weighted by molar-refractivity contribution is -0.120. The first-order valence-electron chi connectivity index (χ1n) is 5.80. The van der Waals surface area contributed by atoms with Crippen molar-refractivity contribution in [2.24, 2.45) is 11.7 Å². The van der Waals surface area contributed by atoms with Gasteiger partial charge in [0.1, 0.15) is 5.82 Å². The molecule has 0 aliphatic carbocycles. The van der Waals surface area contributed by atoms with Crippen molar-refractivity contribution < 1.29 is 9.18 Å². The third-order valence-corrected chi connectivity index (χ3v) is 2.72. The molecule has 1 amide bonds. The molecule has 0 aliphatic heterocycles. The molecule has 0 aliphatic rings. The van der Waals surface area contributed by atoms with E-state index < -0.39 is 6.04 Å². The summed E-state index contributed by atoms with van der Waals surface area (Å²) in [4.78, 5) is 13.7. The number of nitrogens with two attached hydrogens (primary N) is 1. The summed E-state index contributed by atoms with van der Waals surface area (Å²) in [5, 5.41) is 0. The van der Waals surface area contributed by atoms with Crippen LogP contribution in [-0.4, -0.2) is 18.5 Å². The van der Waals surface area contributed by atoms with Gasteiger partial charge in [-0.1, -0.05) is 13.8 Å². The number of benzene rings is 1. The van der Waals surface area contributed by atoms with E-state index in [0.717, 1.165) is 0 Å². The molecule has 0 unspecified atom stereocenters. The van der Waals surface area contributed by atoms with Crippen LogP contribution in [0.5, 0.6) is 0 Å². The van der Waals surface area contributed by atoms with E-state index in [1.807, 2.05) is 20.8 Å². The Morgan fingerprint density at radius 1 is 1.35 bits per heavy atom. The molecule has 1 atom stereocenters. The quantitative estimate of drug-likeness (QED) is 0.873. The lowest BCUT2D eigenvalue weighted by Crippen LogP contribution is -2.46. The van der Waals surface area contributed by atoms with Gasteiger partial charge in [-0.15, -0.1) is 0 Å². The fraction of sp³-hybridized carbons (Fsp3) is 0.462. The van der Waals surface area contributed by atoms with Gasteiger partial charge in [-0.05, 0) is 37.1 Å². The Bertz CT molecular complexity index is 376. The van der Waals surface area contributed by atoms with Gasteiger partial charge < -0.3 is 10.6 Å². The Hall–Kier alpha value is -1.42. The number of carbonyl (C=O) groups is 1. The predicted molar refractivity (Wildman–Crippen MR) is 67.2 cm³/mol. The molecule has 0 fully saturated rings. The normalized spacial score (nSPS) is 12.6. The molecule has 0 spiro atoms. The molecule has 0 radical (unpaired) electrons. The second kappa shape index (κ2) is 5.77. The molecule has 0 heterocycles. The van der Waals surface area contributed by atoms with Gasteiger partial charge in [0, 0.05) is 12.2 Å². The topological polar surface area (TPSA) is 46.3 Å². The van der Waals surface area contributed by atoms with E-state index in [1.165, 1.54) is 12.1 Å². The van der Waals surface area contributed by atoms with Gasteiger partial charge in [0.05, 0.1) is 6.04 Å². The summed E-state index contributed by atoms with van der Waals surface area (Å²) in [6.07, 6.45) is 0. The third kappa shape index (κ3) is 3.27. The summed E-state index contributed by atoms with van der Waals surface area (Å²) < 4.78 is 12.8. The van der Waals surface area contributed by atoms with Gasteiger partial charge in [-0.2, -0.15) is 0 Å². The molecule has 94 valence electrons. The lowest BCUT2D eigenvalue weighted by Gasteiger charge is -2.26. The molecule has 0 saturated carbocycles. The highest BCUT2D eigenvalue weighted by atomic mass is 19.1. The van der Waals surface area contributed by atoms with Gasteiger partial charge in [-0.25, -0.2) is 4.39 Å². The van der Waals surface area contributed by atoms with E-state index in [1.54, 1.807) is 17.0 Å². The highest BCUT2D eigenvalue weighted by Crippen LogP contribution is 2.16. The maximum absolute atomic E-state index is 12.8. The van der Waals surface area contributed by atoms with Gasteiger partial charge in [0.2, 0.25) is 5.91 Å². The summed E-state index contributed by atoms with van der Waals surface area (Å²) >= 11 is 0. The van der Waals surface area contributed by atoms with Crippen molar-refractivity contribution in [1.29, 1.82) is 0 Å². The van der Waals surface area contributed by atoms with E-state index >= 15 is 0 Å². The van der Waals surface area contributed by atoms with Gasteiger partial charge in [0.15, 0.2) is 0 Å². The number of amides is 1. The van der Waals surface area contributed by atoms with E-state index in [2.05, 4.69) is 0 Å². The molecule has 1 aromatic rings. The minimum Gasteiger partial charge on any atom is -0.320 e. The maximum atomic E-state index is 12.8. The Kier molecular flexibility index (Phi) is 4.63. The number of carbonyl (C=O) groups excluding carboxylic acids is 1. The summed E-state index contributed by atoms with van der Waals surface area (Å²) in [7, 11) is 0. The van der Waals surface area contributed by atoms with Crippen molar-refractivity contribution in [2.75, 3.05) is 11.4 Å². The van der Waals surface area contributed by atoms with Crippen molar-refractivity contribution in [3.05, 3.63) is 30.1 Å². The van der Waals surface area contributed by atoms with Crippen LogP contribution in [0.2, 0.25) is 0 Å². The summed E-state index contributed by atoms with van der Waals surface area (Å²) in [6, 6.07) is 5.33. The van der Waals surface area contributed by atoms with Gasteiger partial charge >= 0.3 is 0 Å². The van der Waals surface area contributed by atoms with Crippen LogP contribution >= 0.6 is 0 Å². The molecule has 4 heteroatoms. The van der Waals surface area contributed by atoms with Crippen LogP contribution in [0.1, 0.15) is 20.8 Å². The van der Waals surface area contributed by atoms with Crippen LogP contribution in [0.25, 0.3) is 0 Å². The Morgan fingerprint density at radius 2 is 1.88 bits per heavy atom. The first-order chi connectivity index (χ1) is 7.97. The van der Waals surface area contributed by atoms with Gasteiger partial charge in [0.25, 0.3) is 0 Å². The Morgan fingerprint density at radius 3 is 2.29 bits per heavy atom. The number of halogens is 1. The zero-order chi connectivity index (χ0) is 13.0. The van der Waals surface area contributed by atoms with Crippen molar-refractivity contribution >= 4 is 11.6 Å². The minimum atomic E-state index is -0.528. The number of hydrogen-bond acceptors (Lipinski definition) is 2. The average Bonchev–Trinajstić information content (AvgIpc) is 2.31. The standard InChI is InChI=1S/C13H19FN2O/c1-4-16(13(17)12(15)9(2)3)11-7-5-10(14)6-8-11/h5-9,12H,4,15H2,1-3H3/t12-/m0/s1. The number of anilines is 1. The highest BCUT2D eigenvalue weighted by molar-refractivity contribution is 5.97. The zero-order valence-electron chi connectivity index (χ0n) is 10.5. The van der Waals surface area contributed by atoms with Crippen LogP contribution < -0.4 is 10.6 Å². The van der Waals surface area contributed by atoms with Crippen LogP contribution in [0, 0.1) is 11.7 Å². The van der Waals surface area contributed by atoms with Crippen LogP contribution in [0.15, 0.2) is 24.3 Å². The molecule has 0 aromatic heterocycles. The smallest absolute Gasteiger partial charge is 0.244 e. The van der Waals surface area contributed by atoms with Crippen LogP contribution in [0.4, 0.5) is 10.1 Å². The maximum Gasteiger partial charge on any atom is 0.244 e. The third-order valence-electron chi connectivity index (χ3n) is 2.72. The summed E-state index contributed by atoms with van der Waals surface area (Å²) in [5.41, 5.74) is 6.51. The van der Waals surface area contributed by atoms with Crippen molar-refractivity contribution in [1.82, 2.24) is 0 Å². The largest absolute Gasteiger partial charge is 0.320 e. The van der Waals surface area contributed by atoms with Crippen molar-refractivity contribution in [3.8, 4) is 0 Å². The summed E-state index contributed by atoms with van der Waals surface area (Å²) in [5.74, 6) is -0.364. The fourth-order valence-electron chi connectivity index (χ4n) is 1.55. The minimum absolute atomic E-state index is 0.0806. The second-order valence-electron chi connectivity index (χ2n) is 4.33. The summed E-state index contributed by atoms with van der Waals surface area (Å²) in [6.45, 7) is 6.20. The first kappa shape index (κ1) is 13.6. The van der Waals surface area contributed by atoms with Crippen molar-refractivity contribution in [3.63, 3.8) is 0 Å². The average molecular weight is 238 g/mol. The van der Waals surface area contributed by atoms with E-state index in [0.29, 0.717) is 12.2 Å². The number of nitrogens with zero attached hydrogens (tertiary/aromatic N) is 1. The molecule has 1 aromatic carbocycles. The molecular weight excluding hydrogens is 219 g/mol. The Balaban J connectivity index is 2.91. The monoisotopic (exact) mass is 238 g/mol. The van der Waals surface area contributed by atoms with E-state index in [4.69, 9.17) is 5.73 Å². The fourth-order valence-corrected chi connectivity index (χ4v) is 1.55. The van der Waals surface area contributed by atoms with Crippen molar-refractivity contribution in [2.45, 2.75) is 26.8 Å². The molecule has 0 bridgehead atoms. The molecule has 2 N–H and O–H groups in total. The number of likely N-dealkylation sites (N-methyl/N-ethyl adjacent to an activating group) is 1. The van der Waals surface area contributed by atoms with Crippen LogP contribution in [0.3, 0.4) is 0 Å². The molecule has 0 saturated heterocycles. The molecule has 17 heavy (non-hydrogen) atoms. The molecule has 1 rings (SSSR count). The SMILES string of the molecule is CCN(C(=O)[C@@H](N)C(C)C)c1ccc(F)cc1. The highest BCUT2D eigenvalue weighted by Gasteiger charge is 2.23. The predicted octanol–water partition coefficient (Wildman–Crippen LogP) is 2.16. The first-order valence-corrected chi connectivity index (χ1v) is 5.80. The Labute approximate surface area is 101 Å². The van der Waals surface area contributed by atoms with E-state index in [-0.39, 0.29) is 17.6 Å².